The van der Waals surface area contributed by atoms with Crippen LogP contribution in [0.1, 0.15) is 20.3 Å². The fraction of sp³-hybridized carbons (Fsp3) is 0.700. The summed E-state index contributed by atoms with van der Waals surface area (Å²) in [6.07, 6.45) is 0.270. The molecule has 0 aromatic rings. The molecule has 0 saturated carbocycles. The van der Waals surface area contributed by atoms with Gasteiger partial charge in [-0.15, -0.1) is 0 Å². The van der Waals surface area contributed by atoms with Crippen molar-refractivity contribution in [2.45, 2.75) is 26.6 Å². The Labute approximate surface area is 84.5 Å². The molecule has 14 heavy (non-hydrogen) atoms. The Balaban J connectivity index is 3.44. The minimum absolute atomic E-state index is 0.222. The fourth-order valence-corrected chi connectivity index (χ4v) is 0.744. The molecular formula is C10H16O4. The summed E-state index contributed by atoms with van der Waals surface area (Å²) in [6, 6.07) is 0. The van der Waals surface area contributed by atoms with Gasteiger partial charge in [0.2, 0.25) is 0 Å². The Morgan fingerprint density at radius 1 is 1.43 bits per heavy atom. The second kappa shape index (κ2) is 8.54. The molecular weight excluding hydrogens is 184 g/mol. The number of carbonyl (C=O) groups is 1. The summed E-state index contributed by atoms with van der Waals surface area (Å²) in [5, 5.41) is 0. The Bertz CT molecular complexity index is 214. The molecule has 0 aliphatic heterocycles. The van der Waals surface area contributed by atoms with E-state index in [1.165, 1.54) is 7.11 Å². The molecule has 1 atom stereocenters. The lowest BCUT2D eigenvalue weighted by Crippen LogP contribution is -2.13. The minimum Gasteiger partial charge on any atom is -0.459 e. The second-order valence-corrected chi connectivity index (χ2v) is 2.44. The van der Waals surface area contributed by atoms with Gasteiger partial charge in [0.1, 0.15) is 0 Å². The van der Waals surface area contributed by atoms with E-state index < -0.39 is 5.97 Å². The summed E-state index contributed by atoms with van der Waals surface area (Å²) in [4.78, 5) is 10.5. The van der Waals surface area contributed by atoms with E-state index >= 15 is 0 Å². The van der Waals surface area contributed by atoms with Gasteiger partial charge in [-0.3, -0.25) is 0 Å². The number of hydrogen-bond acceptors (Lipinski definition) is 4. The highest BCUT2D eigenvalue weighted by atomic mass is 16.7. The SMILES string of the molecule is CCO[C@@H](C)OCCC#CC(=O)OC. The largest absolute Gasteiger partial charge is 0.459 e. The summed E-state index contributed by atoms with van der Waals surface area (Å²) < 4.78 is 14.7. The third kappa shape index (κ3) is 7.59. The maximum absolute atomic E-state index is 10.5. The molecule has 4 heteroatoms. The number of ether oxygens (including phenoxy) is 3. The summed E-state index contributed by atoms with van der Waals surface area (Å²) >= 11 is 0. The van der Waals surface area contributed by atoms with Crippen LogP contribution in [-0.2, 0) is 19.0 Å². The maximum Gasteiger partial charge on any atom is 0.384 e. The lowest BCUT2D eigenvalue weighted by molar-refractivity contribution is -0.133. The highest BCUT2D eigenvalue weighted by Gasteiger charge is 1.97. The van der Waals surface area contributed by atoms with Crippen LogP contribution in [0, 0.1) is 11.8 Å². The third-order valence-corrected chi connectivity index (χ3v) is 1.36. The predicted molar refractivity (Wildman–Crippen MR) is 51.4 cm³/mol. The number of methoxy groups -OCH3 is 1. The van der Waals surface area contributed by atoms with Gasteiger partial charge in [-0.05, 0) is 13.8 Å². The average Bonchev–Trinajstić information content (AvgIpc) is 2.17. The quantitative estimate of drug-likeness (QED) is 0.218. The number of hydrogen-bond donors (Lipinski definition) is 0. The van der Waals surface area contributed by atoms with Gasteiger partial charge in [-0.1, -0.05) is 5.92 Å². The van der Waals surface area contributed by atoms with Crippen molar-refractivity contribution < 1.29 is 19.0 Å². The number of rotatable bonds is 5. The number of esters is 1. The zero-order valence-corrected chi connectivity index (χ0v) is 8.83. The molecule has 0 radical (unpaired) electrons. The fourth-order valence-electron chi connectivity index (χ4n) is 0.744. The smallest absolute Gasteiger partial charge is 0.384 e. The van der Waals surface area contributed by atoms with E-state index in [0.29, 0.717) is 19.6 Å². The molecule has 4 nitrogen and oxygen atoms in total. The van der Waals surface area contributed by atoms with Gasteiger partial charge in [0.15, 0.2) is 6.29 Å². The van der Waals surface area contributed by atoms with Gasteiger partial charge in [-0.25, -0.2) is 4.79 Å². The maximum atomic E-state index is 10.5. The lowest BCUT2D eigenvalue weighted by atomic mass is 10.4. The van der Waals surface area contributed by atoms with E-state index in [4.69, 9.17) is 9.47 Å². The molecule has 0 aliphatic carbocycles. The lowest BCUT2D eigenvalue weighted by Gasteiger charge is -2.10. The van der Waals surface area contributed by atoms with Gasteiger partial charge in [-0.2, -0.15) is 0 Å². The van der Waals surface area contributed by atoms with Crippen LogP contribution in [0.5, 0.6) is 0 Å². The van der Waals surface area contributed by atoms with Crippen molar-refractivity contribution in [1.82, 2.24) is 0 Å². The molecule has 0 saturated heterocycles. The van der Waals surface area contributed by atoms with Gasteiger partial charge in [0, 0.05) is 18.9 Å². The van der Waals surface area contributed by atoms with E-state index in [9.17, 15) is 4.79 Å². The zero-order chi connectivity index (χ0) is 10.8. The van der Waals surface area contributed by atoms with Gasteiger partial charge in [0.05, 0.1) is 13.7 Å². The Hall–Kier alpha value is -1.05. The van der Waals surface area contributed by atoms with Crippen molar-refractivity contribution in [2.24, 2.45) is 0 Å². The summed E-state index contributed by atoms with van der Waals surface area (Å²) in [5.74, 6) is 4.41. The van der Waals surface area contributed by atoms with Crippen LogP contribution in [0.2, 0.25) is 0 Å². The predicted octanol–water partition coefficient (Wildman–Crippen LogP) is 0.952. The monoisotopic (exact) mass is 200 g/mol. The molecule has 0 rings (SSSR count). The van der Waals surface area contributed by atoms with E-state index in [1.807, 2.05) is 13.8 Å². The molecule has 0 bridgehead atoms. The molecule has 0 aromatic heterocycles. The standard InChI is InChI=1S/C10H16O4/c1-4-13-9(2)14-8-6-5-7-10(11)12-3/h9H,4,6,8H2,1-3H3/t9-/m1/s1. The third-order valence-electron chi connectivity index (χ3n) is 1.36. The van der Waals surface area contributed by atoms with E-state index in [-0.39, 0.29) is 6.29 Å². The molecule has 0 aromatic carbocycles. The highest BCUT2D eigenvalue weighted by Crippen LogP contribution is 1.93. The Morgan fingerprint density at radius 2 is 2.14 bits per heavy atom. The topological polar surface area (TPSA) is 44.8 Å². The first-order valence-corrected chi connectivity index (χ1v) is 4.50. The molecule has 0 spiro atoms. The highest BCUT2D eigenvalue weighted by molar-refractivity contribution is 5.88. The second-order valence-electron chi connectivity index (χ2n) is 2.44. The summed E-state index contributed by atoms with van der Waals surface area (Å²) in [5.41, 5.74) is 0. The molecule has 80 valence electrons. The molecule has 0 aliphatic rings. The Kier molecular flexibility index (Phi) is 7.90. The van der Waals surface area contributed by atoms with Crippen LogP contribution in [0.4, 0.5) is 0 Å². The van der Waals surface area contributed by atoms with Crippen molar-refractivity contribution in [3.63, 3.8) is 0 Å². The summed E-state index contributed by atoms with van der Waals surface area (Å²) in [7, 11) is 1.30. The van der Waals surface area contributed by atoms with E-state index in [0.717, 1.165) is 0 Å². The summed E-state index contributed by atoms with van der Waals surface area (Å²) in [6.45, 7) is 4.79. The van der Waals surface area contributed by atoms with Crippen molar-refractivity contribution in [1.29, 1.82) is 0 Å². The van der Waals surface area contributed by atoms with Gasteiger partial charge < -0.3 is 14.2 Å². The van der Waals surface area contributed by atoms with Crippen molar-refractivity contribution in [3.05, 3.63) is 0 Å². The van der Waals surface area contributed by atoms with Crippen LogP contribution in [0.3, 0.4) is 0 Å². The first kappa shape index (κ1) is 12.9. The first-order chi connectivity index (χ1) is 6.70. The van der Waals surface area contributed by atoms with Gasteiger partial charge >= 0.3 is 5.97 Å². The van der Waals surface area contributed by atoms with E-state index in [2.05, 4.69) is 16.6 Å². The molecule has 0 N–H and O–H groups in total. The molecule has 0 heterocycles. The van der Waals surface area contributed by atoms with Crippen LogP contribution >= 0.6 is 0 Å². The molecule has 0 unspecified atom stereocenters. The zero-order valence-electron chi connectivity index (χ0n) is 8.83. The van der Waals surface area contributed by atoms with Crippen LogP contribution in [-0.4, -0.2) is 32.6 Å². The molecule has 0 amide bonds. The van der Waals surface area contributed by atoms with Crippen molar-refractivity contribution >= 4 is 5.97 Å². The van der Waals surface area contributed by atoms with Crippen molar-refractivity contribution in [2.75, 3.05) is 20.3 Å². The van der Waals surface area contributed by atoms with E-state index in [1.54, 1.807) is 0 Å². The van der Waals surface area contributed by atoms with Crippen LogP contribution in [0.25, 0.3) is 0 Å². The van der Waals surface area contributed by atoms with Crippen LogP contribution < -0.4 is 0 Å². The minimum atomic E-state index is -0.525. The van der Waals surface area contributed by atoms with Gasteiger partial charge in [0.25, 0.3) is 0 Å². The Morgan fingerprint density at radius 3 is 2.71 bits per heavy atom. The van der Waals surface area contributed by atoms with Crippen LogP contribution in [0.15, 0.2) is 0 Å². The first-order valence-electron chi connectivity index (χ1n) is 4.50. The van der Waals surface area contributed by atoms with Crippen molar-refractivity contribution in [3.8, 4) is 11.8 Å². The molecule has 0 fully saturated rings. The average molecular weight is 200 g/mol. The number of carbonyl (C=O) groups excluding carboxylic acids is 1. The normalized spacial score (nSPS) is 11.4.